The van der Waals surface area contributed by atoms with E-state index in [2.05, 4.69) is 37.6 Å². The molecule has 0 bridgehead atoms. The SMILES string of the molecule is CCn1c(CBr)nnc1CCCOC. The number of halogens is 1. The van der Waals surface area contributed by atoms with Crippen LogP contribution in [-0.2, 0) is 23.0 Å². The Morgan fingerprint density at radius 2 is 2.07 bits per heavy atom. The molecule has 0 aliphatic carbocycles. The molecule has 0 unspecified atom stereocenters. The number of nitrogens with zero attached hydrogens (tertiary/aromatic N) is 3. The summed E-state index contributed by atoms with van der Waals surface area (Å²) in [7, 11) is 1.72. The Labute approximate surface area is 92.8 Å². The fourth-order valence-electron chi connectivity index (χ4n) is 1.40. The number of rotatable bonds is 6. The van der Waals surface area contributed by atoms with Crippen LogP contribution in [0.3, 0.4) is 0 Å². The summed E-state index contributed by atoms with van der Waals surface area (Å²) >= 11 is 3.40. The molecule has 0 spiro atoms. The number of hydrogen-bond donors (Lipinski definition) is 0. The maximum absolute atomic E-state index is 5.00. The molecule has 0 aliphatic rings. The normalized spacial score (nSPS) is 10.8. The van der Waals surface area contributed by atoms with Crippen molar-refractivity contribution >= 4 is 15.9 Å². The van der Waals surface area contributed by atoms with Gasteiger partial charge in [0.15, 0.2) is 0 Å². The molecule has 1 aromatic rings. The lowest BCUT2D eigenvalue weighted by atomic mass is 10.3. The molecule has 0 saturated heterocycles. The van der Waals surface area contributed by atoms with Gasteiger partial charge >= 0.3 is 0 Å². The lowest BCUT2D eigenvalue weighted by Gasteiger charge is -2.05. The summed E-state index contributed by atoms with van der Waals surface area (Å²) in [4.78, 5) is 0. The summed E-state index contributed by atoms with van der Waals surface area (Å²) in [6.07, 6.45) is 1.93. The van der Waals surface area contributed by atoms with Crippen LogP contribution in [0.1, 0.15) is 25.0 Å². The number of aryl methyl sites for hydroxylation is 1. The van der Waals surface area contributed by atoms with Gasteiger partial charge in [0.05, 0.1) is 5.33 Å². The third kappa shape index (κ3) is 2.78. The van der Waals surface area contributed by atoms with E-state index in [4.69, 9.17) is 4.74 Å². The molecule has 5 heteroatoms. The molecular formula is C9H16BrN3O. The number of aromatic nitrogens is 3. The lowest BCUT2D eigenvalue weighted by Crippen LogP contribution is -2.06. The van der Waals surface area contributed by atoms with E-state index >= 15 is 0 Å². The van der Waals surface area contributed by atoms with Crippen LogP contribution in [-0.4, -0.2) is 28.5 Å². The summed E-state index contributed by atoms with van der Waals surface area (Å²) in [5.74, 6) is 2.05. The predicted molar refractivity (Wildman–Crippen MR) is 58.5 cm³/mol. The molecular weight excluding hydrogens is 246 g/mol. The second-order valence-corrected chi connectivity index (χ2v) is 3.57. The average molecular weight is 262 g/mol. The van der Waals surface area contributed by atoms with Gasteiger partial charge in [0.1, 0.15) is 11.6 Å². The maximum atomic E-state index is 5.00. The Morgan fingerprint density at radius 1 is 1.36 bits per heavy atom. The zero-order valence-corrected chi connectivity index (χ0v) is 10.2. The summed E-state index contributed by atoms with van der Waals surface area (Å²) in [5.41, 5.74) is 0. The van der Waals surface area contributed by atoms with Crippen LogP contribution in [0.5, 0.6) is 0 Å². The maximum Gasteiger partial charge on any atom is 0.143 e. The van der Waals surface area contributed by atoms with Gasteiger partial charge in [-0.05, 0) is 13.3 Å². The van der Waals surface area contributed by atoms with E-state index in [1.54, 1.807) is 7.11 Å². The molecule has 1 aromatic heterocycles. The van der Waals surface area contributed by atoms with Gasteiger partial charge in [-0.1, -0.05) is 15.9 Å². The third-order valence-electron chi connectivity index (χ3n) is 2.09. The van der Waals surface area contributed by atoms with E-state index < -0.39 is 0 Å². The standard InChI is InChI=1S/C9H16BrN3O/c1-3-13-8(5-4-6-14-2)11-12-9(13)7-10/h3-7H2,1-2H3. The van der Waals surface area contributed by atoms with E-state index in [-0.39, 0.29) is 0 Å². The molecule has 80 valence electrons. The lowest BCUT2D eigenvalue weighted by molar-refractivity contribution is 0.194. The van der Waals surface area contributed by atoms with Crippen molar-refractivity contribution in [2.75, 3.05) is 13.7 Å². The van der Waals surface area contributed by atoms with Crippen molar-refractivity contribution < 1.29 is 4.74 Å². The van der Waals surface area contributed by atoms with Crippen molar-refractivity contribution in [3.8, 4) is 0 Å². The average Bonchev–Trinajstić information content (AvgIpc) is 2.60. The van der Waals surface area contributed by atoms with E-state index in [1.807, 2.05) is 0 Å². The topological polar surface area (TPSA) is 39.9 Å². The zero-order valence-electron chi connectivity index (χ0n) is 8.66. The Morgan fingerprint density at radius 3 is 2.64 bits per heavy atom. The molecule has 4 nitrogen and oxygen atoms in total. The molecule has 0 atom stereocenters. The van der Waals surface area contributed by atoms with Gasteiger partial charge in [0, 0.05) is 26.7 Å². The number of alkyl halides is 1. The molecule has 0 fully saturated rings. The second-order valence-electron chi connectivity index (χ2n) is 3.01. The predicted octanol–water partition coefficient (Wildman–Crippen LogP) is 1.77. The van der Waals surface area contributed by atoms with Crippen LogP contribution in [0.15, 0.2) is 0 Å². The van der Waals surface area contributed by atoms with Gasteiger partial charge < -0.3 is 9.30 Å². The quantitative estimate of drug-likeness (QED) is 0.579. The molecule has 0 radical (unpaired) electrons. The van der Waals surface area contributed by atoms with Crippen LogP contribution in [0, 0.1) is 0 Å². The van der Waals surface area contributed by atoms with Gasteiger partial charge in [0.2, 0.25) is 0 Å². The smallest absolute Gasteiger partial charge is 0.143 e. The van der Waals surface area contributed by atoms with Crippen LogP contribution in [0.2, 0.25) is 0 Å². The number of ether oxygens (including phenoxy) is 1. The minimum Gasteiger partial charge on any atom is -0.385 e. The molecule has 0 amide bonds. The van der Waals surface area contributed by atoms with Crippen molar-refractivity contribution in [2.45, 2.75) is 31.6 Å². The zero-order chi connectivity index (χ0) is 10.4. The molecule has 0 aromatic carbocycles. The van der Waals surface area contributed by atoms with Gasteiger partial charge in [-0.2, -0.15) is 0 Å². The Hall–Kier alpha value is -0.420. The summed E-state index contributed by atoms with van der Waals surface area (Å²) in [5, 5.41) is 9.03. The van der Waals surface area contributed by atoms with Crippen molar-refractivity contribution in [1.82, 2.24) is 14.8 Å². The molecule has 14 heavy (non-hydrogen) atoms. The minimum atomic E-state index is 0.762. The summed E-state index contributed by atoms with van der Waals surface area (Å²) in [6, 6.07) is 0. The first-order valence-electron chi connectivity index (χ1n) is 4.79. The van der Waals surface area contributed by atoms with Crippen LogP contribution in [0.4, 0.5) is 0 Å². The van der Waals surface area contributed by atoms with E-state index in [1.165, 1.54) is 0 Å². The first kappa shape index (κ1) is 11.7. The first-order valence-corrected chi connectivity index (χ1v) is 5.91. The summed E-state index contributed by atoms with van der Waals surface area (Å²) < 4.78 is 7.15. The van der Waals surface area contributed by atoms with Crippen LogP contribution < -0.4 is 0 Å². The fraction of sp³-hybridized carbons (Fsp3) is 0.778. The van der Waals surface area contributed by atoms with Crippen molar-refractivity contribution in [3.63, 3.8) is 0 Å². The van der Waals surface area contributed by atoms with Gasteiger partial charge in [-0.3, -0.25) is 0 Å². The van der Waals surface area contributed by atoms with Gasteiger partial charge in [-0.25, -0.2) is 0 Å². The molecule has 0 saturated carbocycles. The van der Waals surface area contributed by atoms with E-state index in [0.717, 1.165) is 43.0 Å². The van der Waals surface area contributed by atoms with Crippen molar-refractivity contribution in [1.29, 1.82) is 0 Å². The molecule has 1 rings (SSSR count). The summed E-state index contributed by atoms with van der Waals surface area (Å²) in [6.45, 7) is 3.81. The highest BCUT2D eigenvalue weighted by atomic mass is 79.9. The Balaban J connectivity index is 2.61. The highest BCUT2D eigenvalue weighted by Crippen LogP contribution is 2.07. The third-order valence-corrected chi connectivity index (χ3v) is 2.59. The minimum absolute atomic E-state index is 0.762. The van der Waals surface area contributed by atoms with E-state index in [0.29, 0.717) is 0 Å². The first-order chi connectivity index (χ1) is 6.83. The fourth-order valence-corrected chi connectivity index (χ4v) is 1.81. The van der Waals surface area contributed by atoms with Gasteiger partial charge in [-0.15, -0.1) is 10.2 Å². The largest absolute Gasteiger partial charge is 0.385 e. The van der Waals surface area contributed by atoms with Crippen molar-refractivity contribution in [3.05, 3.63) is 11.6 Å². The van der Waals surface area contributed by atoms with Crippen LogP contribution in [0.25, 0.3) is 0 Å². The molecule has 0 aliphatic heterocycles. The van der Waals surface area contributed by atoms with E-state index in [9.17, 15) is 0 Å². The second kappa shape index (κ2) is 6.14. The van der Waals surface area contributed by atoms with Gasteiger partial charge in [0.25, 0.3) is 0 Å². The number of hydrogen-bond acceptors (Lipinski definition) is 3. The Bertz CT molecular complexity index is 275. The van der Waals surface area contributed by atoms with Crippen molar-refractivity contribution in [2.24, 2.45) is 0 Å². The Kier molecular flexibility index (Phi) is 5.11. The molecule has 0 N–H and O–H groups in total. The highest BCUT2D eigenvalue weighted by molar-refractivity contribution is 9.08. The highest BCUT2D eigenvalue weighted by Gasteiger charge is 2.08. The van der Waals surface area contributed by atoms with Crippen LogP contribution >= 0.6 is 15.9 Å². The molecule has 1 heterocycles. The number of methoxy groups -OCH3 is 1. The monoisotopic (exact) mass is 261 g/mol.